The van der Waals surface area contributed by atoms with Crippen LogP contribution in [0.3, 0.4) is 0 Å². The fourth-order valence-electron chi connectivity index (χ4n) is 1.81. The van der Waals surface area contributed by atoms with E-state index in [1.165, 1.54) is 4.88 Å². The number of aliphatic hydroxyl groups excluding tert-OH is 1. The molecule has 2 aromatic rings. The van der Waals surface area contributed by atoms with Crippen molar-refractivity contribution in [2.24, 2.45) is 0 Å². The van der Waals surface area contributed by atoms with Gasteiger partial charge in [0.25, 0.3) is 0 Å². The van der Waals surface area contributed by atoms with E-state index >= 15 is 0 Å². The summed E-state index contributed by atoms with van der Waals surface area (Å²) >= 11 is 5.12. The number of halogens is 1. The Balaban J connectivity index is 2.17. The van der Waals surface area contributed by atoms with Crippen molar-refractivity contribution in [1.82, 2.24) is 9.78 Å². The van der Waals surface area contributed by atoms with Crippen LogP contribution in [0.1, 0.15) is 30.0 Å². The number of rotatable bonds is 5. The van der Waals surface area contributed by atoms with E-state index in [1.807, 2.05) is 22.2 Å². The van der Waals surface area contributed by atoms with Crippen LogP contribution in [0.5, 0.6) is 0 Å². The molecule has 0 aliphatic rings. The molecule has 0 fully saturated rings. The maximum Gasteiger partial charge on any atom is 0.102 e. The quantitative estimate of drug-likeness (QED) is 0.918. The summed E-state index contributed by atoms with van der Waals surface area (Å²) < 4.78 is 2.76. The zero-order chi connectivity index (χ0) is 12.3. The van der Waals surface area contributed by atoms with Gasteiger partial charge < -0.3 is 5.11 Å². The van der Waals surface area contributed by atoms with E-state index < -0.39 is 6.10 Å². The summed E-state index contributed by atoms with van der Waals surface area (Å²) in [5.74, 6) is 0. The van der Waals surface area contributed by atoms with Gasteiger partial charge in [0.05, 0.1) is 16.4 Å². The van der Waals surface area contributed by atoms with Crippen molar-refractivity contribution >= 4 is 27.3 Å². The van der Waals surface area contributed by atoms with E-state index in [0.717, 1.165) is 23.1 Å². The average molecular weight is 315 g/mol. The lowest BCUT2D eigenvalue weighted by Gasteiger charge is -2.13. The van der Waals surface area contributed by atoms with Crippen LogP contribution in [0.25, 0.3) is 0 Å². The summed E-state index contributed by atoms with van der Waals surface area (Å²) in [5, 5.41) is 16.6. The molecule has 1 unspecified atom stereocenters. The number of aryl methyl sites for hydroxylation is 1. The molecule has 0 aromatic carbocycles. The Bertz CT molecular complexity index is 467. The third kappa shape index (κ3) is 2.97. The second kappa shape index (κ2) is 5.80. The number of nitrogens with zero attached hydrogens (tertiary/aromatic N) is 2. The third-order valence-electron chi connectivity index (χ3n) is 2.56. The normalized spacial score (nSPS) is 12.9. The fourth-order valence-corrected chi connectivity index (χ4v) is 3.11. The summed E-state index contributed by atoms with van der Waals surface area (Å²) in [7, 11) is 0. The Hall–Kier alpha value is -0.650. The number of aliphatic hydroxyl groups is 1. The minimum atomic E-state index is -0.503. The average Bonchev–Trinajstić information content (AvgIpc) is 2.89. The first-order valence-corrected chi connectivity index (χ1v) is 7.31. The van der Waals surface area contributed by atoms with Crippen LogP contribution in [0, 0.1) is 0 Å². The highest BCUT2D eigenvalue weighted by Crippen LogP contribution is 2.27. The van der Waals surface area contributed by atoms with Gasteiger partial charge in [0, 0.05) is 17.8 Å². The van der Waals surface area contributed by atoms with Crippen molar-refractivity contribution in [3.8, 4) is 0 Å². The van der Waals surface area contributed by atoms with E-state index in [2.05, 4.69) is 28.0 Å². The molecule has 0 bridgehead atoms. The molecule has 0 saturated heterocycles. The predicted octanol–water partition coefficient (Wildman–Crippen LogP) is 3.39. The topological polar surface area (TPSA) is 38.0 Å². The summed E-state index contributed by atoms with van der Waals surface area (Å²) in [6.45, 7) is 2.94. The van der Waals surface area contributed by atoms with Gasteiger partial charge in [-0.15, -0.1) is 11.3 Å². The monoisotopic (exact) mass is 314 g/mol. The molecule has 1 atom stereocenters. The molecule has 0 saturated carbocycles. The summed E-state index contributed by atoms with van der Waals surface area (Å²) in [6.07, 6.45) is 2.90. The molecule has 1 N–H and O–H groups in total. The van der Waals surface area contributed by atoms with Crippen molar-refractivity contribution in [2.75, 3.05) is 0 Å². The highest BCUT2D eigenvalue weighted by atomic mass is 79.9. The lowest BCUT2D eigenvalue weighted by molar-refractivity contribution is 0.166. The molecule has 0 aliphatic heterocycles. The molecular weight excluding hydrogens is 300 g/mol. The maximum atomic E-state index is 10.3. The van der Waals surface area contributed by atoms with E-state index in [1.54, 1.807) is 17.5 Å². The maximum absolute atomic E-state index is 10.3. The SMILES string of the molecule is CCCn1ncc(Br)c1C(O)Cc1cccs1. The first-order valence-electron chi connectivity index (χ1n) is 5.64. The van der Waals surface area contributed by atoms with E-state index in [0.29, 0.717) is 6.42 Å². The van der Waals surface area contributed by atoms with Crippen LogP contribution in [-0.4, -0.2) is 14.9 Å². The minimum Gasteiger partial charge on any atom is -0.386 e. The van der Waals surface area contributed by atoms with Crippen molar-refractivity contribution in [3.63, 3.8) is 0 Å². The molecular formula is C12H15BrN2OS. The molecule has 0 radical (unpaired) electrons. The van der Waals surface area contributed by atoms with Gasteiger partial charge in [-0.3, -0.25) is 4.68 Å². The zero-order valence-corrected chi connectivity index (χ0v) is 12.0. The fraction of sp³-hybridized carbons (Fsp3) is 0.417. The van der Waals surface area contributed by atoms with Crippen molar-refractivity contribution < 1.29 is 5.11 Å². The Morgan fingerprint density at radius 3 is 3.06 bits per heavy atom. The zero-order valence-electron chi connectivity index (χ0n) is 9.64. The largest absolute Gasteiger partial charge is 0.386 e. The Labute approximate surface area is 113 Å². The molecule has 2 heterocycles. The molecule has 0 amide bonds. The molecule has 0 spiro atoms. The highest BCUT2D eigenvalue weighted by Gasteiger charge is 2.18. The number of aromatic nitrogens is 2. The van der Waals surface area contributed by atoms with Crippen LogP contribution in [-0.2, 0) is 13.0 Å². The van der Waals surface area contributed by atoms with Crippen LogP contribution < -0.4 is 0 Å². The van der Waals surface area contributed by atoms with Gasteiger partial charge in [-0.2, -0.15) is 5.10 Å². The summed E-state index contributed by atoms with van der Waals surface area (Å²) in [5.41, 5.74) is 0.875. The van der Waals surface area contributed by atoms with Gasteiger partial charge in [0.2, 0.25) is 0 Å². The molecule has 92 valence electrons. The van der Waals surface area contributed by atoms with Crippen LogP contribution in [0.4, 0.5) is 0 Å². The van der Waals surface area contributed by atoms with E-state index in [4.69, 9.17) is 0 Å². The Morgan fingerprint density at radius 2 is 2.41 bits per heavy atom. The van der Waals surface area contributed by atoms with Gasteiger partial charge in [-0.05, 0) is 33.8 Å². The van der Waals surface area contributed by atoms with Crippen molar-refractivity contribution in [3.05, 3.63) is 38.8 Å². The van der Waals surface area contributed by atoms with Gasteiger partial charge in [-0.25, -0.2) is 0 Å². The summed E-state index contributed by atoms with van der Waals surface area (Å²) in [4.78, 5) is 1.19. The molecule has 2 rings (SSSR count). The Kier molecular flexibility index (Phi) is 4.36. The molecule has 5 heteroatoms. The van der Waals surface area contributed by atoms with E-state index in [9.17, 15) is 5.11 Å². The van der Waals surface area contributed by atoms with Gasteiger partial charge in [-0.1, -0.05) is 13.0 Å². The first-order chi connectivity index (χ1) is 8.22. The summed E-state index contributed by atoms with van der Waals surface area (Å²) in [6, 6.07) is 4.05. The van der Waals surface area contributed by atoms with Crippen LogP contribution in [0.2, 0.25) is 0 Å². The van der Waals surface area contributed by atoms with Crippen LogP contribution in [0.15, 0.2) is 28.2 Å². The van der Waals surface area contributed by atoms with E-state index in [-0.39, 0.29) is 0 Å². The predicted molar refractivity (Wildman–Crippen MR) is 73.2 cm³/mol. The standard InChI is InChI=1S/C12H15BrN2OS/c1-2-5-15-12(10(13)8-14-15)11(16)7-9-4-3-6-17-9/h3-4,6,8,11,16H,2,5,7H2,1H3. The molecule has 17 heavy (non-hydrogen) atoms. The van der Waals surface area contributed by atoms with Crippen molar-refractivity contribution in [2.45, 2.75) is 32.4 Å². The third-order valence-corrected chi connectivity index (χ3v) is 4.07. The number of thiophene rings is 1. The van der Waals surface area contributed by atoms with Crippen molar-refractivity contribution in [1.29, 1.82) is 0 Å². The lowest BCUT2D eigenvalue weighted by atomic mass is 10.1. The highest BCUT2D eigenvalue weighted by molar-refractivity contribution is 9.10. The van der Waals surface area contributed by atoms with Gasteiger partial charge in [0.1, 0.15) is 6.10 Å². The second-order valence-corrected chi connectivity index (χ2v) is 5.79. The van der Waals surface area contributed by atoms with Gasteiger partial charge >= 0.3 is 0 Å². The first kappa shape index (κ1) is 12.8. The number of hydrogen-bond acceptors (Lipinski definition) is 3. The Morgan fingerprint density at radius 1 is 1.59 bits per heavy atom. The molecule has 0 aliphatic carbocycles. The molecule has 2 aromatic heterocycles. The number of hydrogen-bond donors (Lipinski definition) is 1. The second-order valence-electron chi connectivity index (χ2n) is 3.90. The molecule has 3 nitrogen and oxygen atoms in total. The minimum absolute atomic E-state index is 0.503. The smallest absolute Gasteiger partial charge is 0.102 e. The lowest BCUT2D eigenvalue weighted by Crippen LogP contribution is -2.11. The van der Waals surface area contributed by atoms with Gasteiger partial charge in [0.15, 0.2) is 0 Å². The van der Waals surface area contributed by atoms with Crippen LogP contribution >= 0.6 is 27.3 Å².